The average Bonchev–Trinajstić information content (AvgIpc) is 1.81. The van der Waals surface area contributed by atoms with Crippen LogP contribution in [0.1, 0.15) is 13.8 Å². The van der Waals surface area contributed by atoms with Gasteiger partial charge >= 0.3 is 5.97 Å². The summed E-state index contributed by atoms with van der Waals surface area (Å²) in [6, 6.07) is -0.509. The number of carboxylic acids is 1. The number of nitrogens with one attached hydrogen (secondary N) is 2. The summed E-state index contributed by atoms with van der Waals surface area (Å²) in [5, 5.41) is 8.57. The molecule has 0 aliphatic heterocycles. The highest BCUT2D eigenvalue weighted by Gasteiger charge is 2.19. The molecule has 3 N–H and O–H groups in total. The van der Waals surface area contributed by atoms with Crippen LogP contribution in [0.25, 0.3) is 0 Å². The molecule has 0 unspecified atom stereocenters. The van der Waals surface area contributed by atoms with E-state index in [0.29, 0.717) is 0 Å². The van der Waals surface area contributed by atoms with Gasteiger partial charge in [0.2, 0.25) is 0 Å². The average molecular weight is 146 g/mol. The molecule has 0 aliphatic rings. The summed E-state index contributed by atoms with van der Waals surface area (Å²) in [6.45, 7) is 3.70. The molecule has 1 atom stereocenters. The van der Waals surface area contributed by atoms with Gasteiger partial charge in [-0.2, -0.15) is 0 Å². The smallest absolute Gasteiger partial charge is 0.322 e. The lowest BCUT2D eigenvalue weighted by molar-refractivity contribution is -0.140. The highest BCUT2D eigenvalue weighted by molar-refractivity contribution is 5.73. The molecule has 0 radical (unpaired) electrons. The van der Waals surface area contributed by atoms with Crippen LogP contribution in [0.15, 0.2) is 0 Å². The van der Waals surface area contributed by atoms with Crippen molar-refractivity contribution >= 4 is 5.97 Å². The number of hydrogen-bond donors (Lipinski definition) is 3. The first kappa shape index (κ1) is 9.39. The molecule has 0 bridgehead atoms. The van der Waals surface area contributed by atoms with Crippen molar-refractivity contribution in [3.05, 3.63) is 0 Å². The second-order valence-corrected chi connectivity index (χ2v) is 2.45. The summed E-state index contributed by atoms with van der Waals surface area (Å²) in [4.78, 5) is 10.4. The normalized spacial score (nSPS) is 13.6. The van der Waals surface area contributed by atoms with Crippen LogP contribution < -0.4 is 10.9 Å². The van der Waals surface area contributed by atoms with Crippen LogP contribution >= 0.6 is 0 Å². The van der Waals surface area contributed by atoms with E-state index >= 15 is 0 Å². The highest BCUT2D eigenvalue weighted by Crippen LogP contribution is 1.99. The molecule has 60 valence electrons. The van der Waals surface area contributed by atoms with Gasteiger partial charge in [-0.3, -0.25) is 10.2 Å². The number of aliphatic carboxylic acids is 1. The van der Waals surface area contributed by atoms with Gasteiger partial charge in [-0.15, -0.1) is 0 Å². The quantitative estimate of drug-likeness (QED) is 0.481. The van der Waals surface area contributed by atoms with Crippen molar-refractivity contribution in [2.24, 2.45) is 5.92 Å². The van der Waals surface area contributed by atoms with Crippen molar-refractivity contribution in [2.45, 2.75) is 19.9 Å². The topological polar surface area (TPSA) is 61.4 Å². The summed E-state index contributed by atoms with van der Waals surface area (Å²) in [6.07, 6.45) is 0. The Morgan fingerprint density at radius 2 is 2.00 bits per heavy atom. The zero-order chi connectivity index (χ0) is 8.15. The monoisotopic (exact) mass is 146 g/mol. The number of rotatable bonds is 4. The molecular formula is C6H14N2O2. The number of hydrogen-bond acceptors (Lipinski definition) is 3. The van der Waals surface area contributed by atoms with Gasteiger partial charge in [-0.05, 0) is 13.0 Å². The molecule has 0 aromatic carbocycles. The summed E-state index contributed by atoms with van der Waals surface area (Å²) in [5.41, 5.74) is 5.23. The third kappa shape index (κ3) is 2.80. The van der Waals surface area contributed by atoms with Crippen LogP contribution in [0.4, 0.5) is 0 Å². The van der Waals surface area contributed by atoms with Gasteiger partial charge in [0.15, 0.2) is 0 Å². The summed E-state index contributed by atoms with van der Waals surface area (Å²) in [7, 11) is 1.65. The van der Waals surface area contributed by atoms with Gasteiger partial charge in [0.05, 0.1) is 0 Å². The fourth-order valence-corrected chi connectivity index (χ4v) is 0.669. The van der Waals surface area contributed by atoms with Gasteiger partial charge in [0.1, 0.15) is 6.04 Å². The molecule has 0 aliphatic carbocycles. The first-order valence-corrected chi connectivity index (χ1v) is 3.24. The molecule has 4 nitrogen and oxygen atoms in total. The number of carboxylic acid groups (broad SMARTS) is 1. The molecule has 0 rings (SSSR count). The van der Waals surface area contributed by atoms with Gasteiger partial charge < -0.3 is 5.11 Å². The third-order valence-electron chi connectivity index (χ3n) is 1.23. The van der Waals surface area contributed by atoms with E-state index in [1.807, 2.05) is 13.8 Å². The van der Waals surface area contributed by atoms with E-state index in [4.69, 9.17) is 5.11 Å². The lowest BCUT2D eigenvalue weighted by Crippen LogP contribution is -2.46. The molecule has 0 saturated carbocycles. The lowest BCUT2D eigenvalue weighted by Gasteiger charge is -2.16. The molecule has 4 heteroatoms. The fraction of sp³-hybridized carbons (Fsp3) is 0.833. The van der Waals surface area contributed by atoms with Crippen molar-refractivity contribution in [3.8, 4) is 0 Å². The van der Waals surface area contributed by atoms with Crippen LogP contribution in [0.3, 0.4) is 0 Å². The zero-order valence-electron chi connectivity index (χ0n) is 6.51. The Labute approximate surface area is 60.6 Å². The fourth-order valence-electron chi connectivity index (χ4n) is 0.669. The van der Waals surface area contributed by atoms with Crippen molar-refractivity contribution < 1.29 is 9.90 Å². The van der Waals surface area contributed by atoms with Gasteiger partial charge in [-0.1, -0.05) is 13.8 Å². The van der Waals surface area contributed by atoms with Crippen molar-refractivity contribution in [1.82, 2.24) is 10.9 Å². The molecule has 0 heterocycles. The maximum absolute atomic E-state index is 10.4. The maximum Gasteiger partial charge on any atom is 0.322 e. The minimum atomic E-state index is -0.829. The molecule has 0 aromatic heterocycles. The van der Waals surface area contributed by atoms with Crippen molar-refractivity contribution in [2.75, 3.05) is 7.05 Å². The Kier molecular flexibility index (Phi) is 3.99. The van der Waals surface area contributed by atoms with E-state index < -0.39 is 12.0 Å². The number of carbonyl (C=O) groups is 1. The van der Waals surface area contributed by atoms with E-state index in [0.717, 1.165) is 0 Å². The van der Waals surface area contributed by atoms with Crippen molar-refractivity contribution in [1.29, 1.82) is 0 Å². The standard InChI is InChI=1S/C6H14N2O2/c1-4(2)5(6(9)10)8-7-3/h4-5,7-8H,1-3H3,(H,9,10)/t5-/m1/s1. The summed E-state index contributed by atoms with van der Waals surface area (Å²) < 4.78 is 0. The first-order valence-electron chi connectivity index (χ1n) is 3.24. The minimum absolute atomic E-state index is 0.0879. The Morgan fingerprint density at radius 1 is 1.50 bits per heavy atom. The highest BCUT2D eigenvalue weighted by atomic mass is 16.4. The van der Waals surface area contributed by atoms with Crippen LogP contribution in [0.5, 0.6) is 0 Å². The maximum atomic E-state index is 10.4. The Hall–Kier alpha value is -0.610. The van der Waals surface area contributed by atoms with Gasteiger partial charge in [0, 0.05) is 0 Å². The predicted molar refractivity (Wildman–Crippen MR) is 38.5 cm³/mol. The van der Waals surface area contributed by atoms with E-state index in [-0.39, 0.29) is 5.92 Å². The molecule has 0 amide bonds. The van der Waals surface area contributed by atoms with Crippen molar-refractivity contribution in [3.63, 3.8) is 0 Å². The first-order chi connectivity index (χ1) is 4.59. The Bertz CT molecular complexity index is 114. The largest absolute Gasteiger partial charge is 0.480 e. The lowest BCUT2D eigenvalue weighted by atomic mass is 10.1. The molecule has 0 fully saturated rings. The Morgan fingerprint density at radius 3 is 2.10 bits per heavy atom. The summed E-state index contributed by atoms with van der Waals surface area (Å²) in [5.74, 6) is -0.741. The summed E-state index contributed by atoms with van der Waals surface area (Å²) >= 11 is 0. The van der Waals surface area contributed by atoms with Gasteiger partial charge in [0.25, 0.3) is 0 Å². The van der Waals surface area contributed by atoms with Crippen LogP contribution in [0.2, 0.25) is 0 Å². The second kappa shape index (κ2) is 4.24. The second-order valence-electron chi connectivity index (χ2n) is 2.45. The predicted octanol–water partition coefficient (Wildman–Crippen LogP) is -0.180. The number of hydrazine groups is 1. The molecule has 0 spiro atoms. The third-order valence-corrected chi connectivity index (χ3v) is 1.23. The minimum Gasteiger partial charge on any atom is -0.480 e. The molecule has 0 saturated heterocycles. The van der Waals surface area contributed by atoms with Crippen LogP contribution in [0, 0.1) is 5.92 Å². The van der Waals surface area contributed by atoms with E-state index in [2.05, 4.69) is 10.9 Å². The van der Waals surface area contributed by atoms with E-state index in [1.165, 1.54) is 0 Å². The van der Waals surface area contributed by atoms with Gasteiger partial charge in [-0.25, -0.2) is 5.43 Å². The van der Waals surface area contributed by atoms with Crippen LogP contribution in [-0.2, 0) is 4.79 Å². The SMILES string of the molecule is CNN[C@@H](C(=O)O)C(C)C. The molecular weight excluding hydrogens is 132 g/mol. The zero-order valence-corrected chi connectivity index (χ0v) is 6.51. The van der Waals surface area contributed by atoms with Crippen LogP contribution in [-0.4, -0.2) is 24.2 Å². The molecule has 0 aromatic rings. The van der Waals surface area contributed by atoms with E-state index in [9.17, 15) is 4.79 Å². The molecule has 10 heavy (non-hydrogen) atoms. The Balaban J connectivity index is 3.85. The van der Waals surface area contributed by atoms with E-state index in [1.54, 1.807) is 7.05 Å².